The van der Waals surface area contributed by atoms with Gasteiger partial charge in [-0.2, -0.15) is 0 Å². The van der Waals surface area contributed by atoms with Crippen molar-refractivity contribution >= 4 is 5.69 Å². The maximum Gasteiger partial charge on any atom is 0.165 e. The molecule has 3 aromatic carbocycles. The first-order valence-corrected chi connectivity index (χ1v) is 15.3. The van der Waals surface area contributed by atoms with Crippen molar-refractivity contribution in [3.63, 3.8) is 0 Å². The van der Waals surface area contributed by atoms with Crippen LogP contribution in [0.5, 0.6) is 23.0 Å². The Balaban J connectivity index is 1.33. The Labute approximate surface area is 250 Å². The van der Waals surface area contributed by atoms with Crippen LogP contribution in [0, 0.1) is 11.7 Å². The SMILES string of the molecule is CCN(Cc1ccc(OCCN2CCC(C)CC2)c(F)c1)c1cc(OC)c(OC)cc1C1CCc2cc(O)ccc2C1. The second kappa shape index (κ2) is 13.7. The molecule has 1 aliphatic carbocycles. The van der Waals surface area contributed by atoms with Crippen LogP contribution in [-0.4, -0.2) is 57.0 Å². The third kappa shape index (κ3) is 6.95. The van der Waals surface area contributed by atoms with E-state index in [0.29, 0.717) is 36.1 Å². The van der Waals surface area contributed by atoms with E-state index in [1.807, 2.05) is 18.2 Å². The molecule has 0 amide bonds. The number of hydrogen-bond acceptors (Lipinski definition) is 6. The minimum absolute atomic E-state index is 0.279. The van der Waals surface area contributed by atoms with Crippen LogP contribution >= 0.6 is 0 Å². The van der Waals surface area contributed by atoms with E-state index in [2.05, 4.69) is 35.8 Å². The van der Waals surface area contributed by atoms with Gasteiger partial charge in [0.1, 0.15) is 12.4 Å². The highest BCUT2D eigenvalue weighted by atomic mass is 19.1. The molecule has 1 fully saturated rings. The van der Waals surface area contributed by atoms with Crippen molar-refractivity contribution in [3.8, 4) is 23.0 Å². The Morgan fingerprint density at radius 1 is 0.929 bits per heavy atom. The number of ether oxygens (including phenoxy) is 3. The van der Waals surface area contributed by atoms with E-state index in [1.54, 1.807) is 32.4 Å². The molecule has 0 saturated carbocycles. The van der Waals surface area contributed by atoms with Crippen LogP contribution in [0.15, 0.2) is 48.5 Å². The lowest BCUT2D eigenvalue weighted by Crippen LogP contribution is -2.35. The van der Waals surface area contributed by atoms with Gasteiger partial charge in [0, 0.05) is 31.4 Å². The summed E-state index contributed by atoms with van der Waals surface area (Å²) in [4.78, 5) is 4.68. The van der Waals surface area contributed by atoms with Crippen LogP contribution in [0.1, 0.15) is 61.3 Å². The molecule has 0 spiro atoms. The zero-order valence-electron chi connectivity index (χ0n) is 25.5. The molecule has 42 heavy (non-hydrogen) atoms. The number of fused-ring (bicyclic) bond motifs is 1. The van der Waals surface area contributed by atoms with E-state index in [-0.39, 0.29) is 11.7 Å². The zero-order chi connectivity index (χ0) is 29.6. The fraction of sp³-hybridized carbons (Fsp3) is 0.486. The number of nitrogens with zero attached hydrogens (tertiary/aromatic N) is 2. The normalized spacial score (nSPS) is 17.5. The minimum atomic E-state index is -0.324. The number of aryl methyl sites for hydroxylation is 1. The summed E-state index contributed by atoms with van der Waals surface area (Å²) >= 11 is 0. The smallest absolute Gasteiger partial charge is 0.165 e. The second-order valence-corrected chi connectivity index (χ2v) is 11.8. The molecule has 7 heteroatoms. The van der Waals surface area contributed by atoms with Crippen molar-refractivity contribution in [2.45, 2.75) is 58.4 Å². The van der Waals surface area contributed by atoms with E-state index in [1.165, 1.54) is 29.5 Å². The highest BCUT2D eigenvalue weighted by Gasteiger charge is 2.26. The summed E-state index contributed by atoms with van der Waals surface area (Å²) in [6.07, 6.45) is 5.19. The highest BCUT2D eigenvalue weighted by molar-refractivity contribution is 5.64. The number of rotatable bonds is 11. The molecule has 2 aliphatic rings. The molecule has 1 atom stereocenters. The largest absolute Gasteiger partial charge is 0.508 e. The number of phenols is 1. The Morgan fingerprint density at radius 3 is 2.40 bits per heavy atom. The molecule has 1 saturated heterocycles. The predicted octanol–water partition coefficient (Wildman–Crippen LogP) is 6.96. The zero-order valence-corrected chi connectivity index (χ0v) is 25.5. The predicted molar refractivity (Wildman–Crippen MR) is 166 cm³/mol. The molecule has 0 bridgehead atoms. The fourth-order valence-corrected chi connectivity index (χ4v) is 6.41. The van der Waals surface area contributed by atoms with Crippen molar-refractivity contribution in [3.05, 3.63) is 76.6 Å². The maximum atomic E-state index is 15.2. The molecular formula is C35H45FN2O4. The van der Waals surface area contributed by atoms with Gasteiger partial charge < -0.3 is 24.2 Å². The minimum Gasteiger partial charge on any atom is -0.508 e. The topological polar surface area (TPSA) is 54.4 Å². The maximum absolute atomic E-state index is 15.2. The Hall–Kier alpha value is -3.45. The second-order valence-electron chi connectivity index (χ2n) is 11.8. The van der Waals surface area contributed by atoms with E-state index < -0.39 is 0 Å². The van der Waals surface area contributed by atoms with Gasteiger partial charge >= 0.3 is 0 Å². The summed E-state index contributed by atoms with van der Waals surface area (Å²) in [6.45, 7) is 9.22. The fourth-order valence-electron chi connectivity index (χ4n) is 6.41. The van der Waals surface area contributed by atoms with E-state index in [4.69, 9.17) is 14.2 Å². The van der Waals surface area contributed by atoms with E-state index >= 15 is 4.39 Å². The summed E-state index contributed by atoms with van der Waals surface area (Å²) in [5, 5.41) is 9.95. The Bertz CT molecular complexity index is 1360. The van der Waals surface area contributed by atoms with Crippen LogP contribution in [-0.2, 0) is 19.4 Å². The Kier molecular flexibility index (Phi) is 9.78. The summed E-state index contributed by atoms with van der Waals surface area (Å²) in [5.74, 6) is 2.75. The number of halogens is 1. The molecular weight excluding hydrogens is 531 g/mol. The molecule has 0 aromatic heterocycles. The molecule has 1 aliphatic heterocycles. The summed E-state index contributed by atoms with van der Waals surface area (Å²) < 4.78 is 32.4. The summed E-state index contributed by atoms with van der Waals surface area (Å²) in [5.41, 5.74) is 5.63. The van der Waals surface area contributed by atoms with Crippen molar-refractivity contribution in [1.82, 2.24) is 4.90 Å². The van der Waals surface area contributed by atoms with Crippen molar-refractivity contribution < 1.29 is 23.7 Å². The monoisotopic (exact) mass is 576 g/mol. The molecule has 226 valence electrons. The first-order chi connectivity index (χ1) is 20.4. The van der Waals surface area contributed by atoms with Crippen molar-refractivity contribution in [2.24, 2.45) is 5.92 Å². The van der Waals surface area contributed by atoms with Crippen molar-refractivity contribution in [2.75, 3.05) is 51.9 Å². The lowest BCUT2D eigenvalue weighted by molar-refractivity contribution is 0.158. The number of anilines is 1. The van der Waals surface area contributed by atoms with Crippen LogP contribution in [0.2, 0.25) is 0 Å². The molecule has 1 N–H and O–H groups in total. The number of phenolic OH excluding ortho intramolecular Hbond substituents is 1. The molecule has 0 radical (unpaired) electrons. The van der Waals surface area contributed by atoms with Gasteiger partial charge in [-0.25, -0.2) is 4.39 Å². The van der Waals surface area contributed by atoms with Gasteiger partial charge in [-0.1, -0.05) is 19.1 Å². The third-order valence-corrected chi connectivity index (χ3v) is 9.02. The van der Waals surface area contributed by atoms with Crippen LogP contribution < -0.4 is 19.1 Å². The summed E-state index contributed by atoms with van der Waals surface area (Å²) in [6, 6.07) is 15.2. The summed E-state index contributed by atoms with van der Waals surface area (Å²) in [7, 11) is 3.32. The first-order valence-electron chi connectivity index (χ1n) is 15.3. The van der Waals surface area contributed by atoms with Gasteiger partial charge in [0.25, 0.3) is 0 Å². The number of hydrogen-bond donors (Lipinski definition) is 1. The van der Waals surface area contributed by atoms with Gasteiger partial charge in [-0.3, -0.25) is 4.90 Å². The van der Waals surface area contributed by atoms with Crippen LogP contribution in [0.4, 0.5) is 10.1 Å². The van der Waals surface area contributed by atoms with Gasteiger partial charge in [0.15, 0.2) is 23.1 Å². The first kappa shape index (κ1) is 30.0. The van der Waals surface area contributed by atoms with Gasteiger partial charge in [0.2, 0.25) is 0 Å². The quantitative estimate of drug-likeness (QED) is 0.266. The van der Waals surface area contributed by atoms with Crippen molar-refractivity contribution in [1.29, 1.82) is 0 Å². The number of piperidine rings is 1. The number of benzene rings is 3. The number of likely N-dealkylation sites (tertiary alicyclic amines) is 1. The molecule has 6 nitrogen and oxygen atoms in total. The highest BCUT2D eigenvalue weighted by Crippen LogP contribution is 2.43. The molecule has 1 heterocycles. The lowest BCUT2D eigenvalue weighted by Gasteiger charge is -2.32. The van der Waals surface area contributed by atoms with Gasteiger partial charge in [0.05, 0.1) is 14.2 Å². The molecule has 5 rings (SSSR count). The van der Waals surface area contributed by atoms with Gasteiger partial charge in [-0.15, -0.1) is 0 Å². The standard InChI is InChI=1S/C35H45FN2O4/c1-5-38(23-25-6-11-33(31(36)18-25)42-17-16-37-14-12-24(2)13-15-37)32-22-35(41-4)34(40-3)21-30(32)28-8-7-27-20-29(39)10-9-26(27)19-28/h6,9-11,18,20-22,24,28,39H,5,7-8,12-17,19,23H2,1-4H3. The molecule has 3 aromatic rings. The average Bonchev–Trinajstić information content (AvgIpc) is 3.01. The van der Waals surface area contributed by atoms with Gasteiger partial charge in [-0.05, 0) is 117 Å². The van der Waals surface area contributed by atoms with E-state index in [9.17, 15) is 5.11 Å². The number of methoxy groups -OCH3 is 2. The van der Waals surface area contributed by atoms with E-state index in [0.717, 1.165) is 62.6 Å². The molecule has 1 unspecified atom stereocenters. The van der Waals surface area contributed by atoms with Crippen LogP contribution in [0.25, 0.3) is 0 Å². The number of aromatic hydroxyl groups is 1. The average molecular weight is 577 g/mol. The van der Waals surface area contributed by atoms with Crippen LogP contribution in [0.3, 0.4) is 0 Å². The third-order valence-electron chi connectivity index (χ3n) is 9.02. The Morgan fingerprint density at radius 2 is 1.69 bits per heavy atom. The lowest BCUT2D eigenvalue weighted by atomic mass is 9.79.